The molecule has 1 fully saturated rings. The summed E-state index contributed by atoms with van der Waals surface area (Å²) >= 11 is 0. The topological polar surface area (TPSA) is 78.4 Å². The van der Waals surface area contributed by atoms with Gasteiger partial charge < -0.3 is 28.9 Å². The molecule has 0 amide bonds. The van der Waals surface area contributed by atoms with E-state index in [4.69, 9.17) is 23.8 Å². The maximum atomic E-state index is 12.5. The van der Waals surface area contributed by atoms with E-state index in [0.717, 1.165) is 22.3 Å². The van der Waals surface area contributed by atoms with Gasteiger partial charge in [0.05, 0.1) is 46.2 Å². The highest BCUT2D eigenvalue weighted by Gasteiger charge is 2.62. The molecule has 1 saturated carbocycles. The fourth-order valence-corrected chi connectivity index (χ4v) is 5.39. The Morgan fingerprint density at radius 2 is 0.976 bits per heavy atom. The van der Waals surface area contributed by atoms with E-state index in [1.165, 1.54) is 7.11 Å². The van der Waals surface area contributed by atoms with Crippen molar-refractivity contribution in [3.8, 4) is 0 Å². The molecule has 0 bridgehead atoms. The van der Waals surface area contributed by atoms with Gasteiger partial charge in [0.25, 0.3) is 0 Å². The van der Waals surface area contributed by atoms with Crippen LogP contribution in [0.1, 0.15) is 22.3 Å². The van der Waals surface area contributed by atoms with Crippen molar-refractivity contribution in [1.82, 2.24) is 5.48 Å². The highest BCUT2D eigenvalue weighted by molar-refractivity contribution is 5.20. The lowest BCUT2D eigenvalue weighted by atomic mass is 9.96. The molecule has 4 aromatic carbocycles. The first kappa shape index (κ1) is 30.1. The summed E-state index contributed by atoms with van der Waals surface area (Å²) < 4.78 is 25.8. The van der Waals surface area contributed by atoms with Gasteiger partial charge in [0.15, 0.2) is 0 Å². The molecule has 1 aliphatic carbocycles. The van der Waals surface area contributed by atoms with Crippen LogP contribution < -0.4 is 5.48 Å². The largest absolute Gasteiger partial charge is 0.383 e. The van der Waals surface area contributed by atoms with Gasteiger partial charge in [-0.1, -0.05) is 121 Å². The Kier molecular flexibility index (Phi) is 10.9. The molecule has 7 nitrogen and oxygen atoms in total. The van der Waals surface area contributed by atoms with Crippen LogP contribution in [-0.4, -0.2) is 48.8 Å². The third-order valence-corrected chi connectivity index (χ3v) is 7.51. The van der Waals surface area contributed by atoms with Crippen LogP contribution >= 0.6 is 0 Å². The molecule has 220 valence electrons. The second kappa shape index (κ2) is 15.2. The molecule has 7 heteroatoms. The number of aliphatic hydroxyl groups is 1. The average Bonchev–Trinajstić information content (AvgIpc) is 3.26. The van der Waals surface area contributed by atoms with Crippen molar-refractivity contribution in [2.45, 2.75) is 56.4 Å². The van der Waals surface area contributed by atoms with Gasteiger partial charge >= 0.3 is 0 Å². The van der Waals surface area contributed by atoms with Crippen molar-refractivity contribution in [2.75, 3.05) is 13.7 Å². The number of rotatable bonds is 15. The Balaban J connectivity index is 1.45. The zero-order valence-corrected chi connectivity index (χ0v) is 23.9. The van der Waals surface area contributed by atoms with Gasteiger partial charge in [-0.05, 0) is 22.3 Å². The maximum absolute atomic E-state index is 12.5. The van der Waals surface area contributed by atoms with E-state index < -0.39 is 30.0 Å². The number of ether oxygens (including phenoxy) is 4. The van der Waals surface area contributed by atoms with Gasteiger partial charge in [0, 0.05) is 0 Å². The van der Waals surface area contributed by atoms with E-state index in [1.807, 2.05) is 121 Å². The van der Waals surface area contributed by atoms with Crippen molar-refractivity contribution < 1.29 is 28.9 Å². The van der Waals surface area contributed by atoms with E-state index in [2.05, 4.69) is 5.48 Å². The van der Waals surface area contributed by atoms with Gasteiger partial charge in [0.2, 0.25) is 0 Å². The first-order valence-corrected chi connectivity index (χ1v) is 14.3. The summed E-state index contributed by atoms with van der Waals surface area (Å²) in [5.41, 5.74) is 5.46. The minimum atomic E-state index is -1.55. The third-order valence-electron chi connectivity index (χ3n) is 7.51. The van der Waals surface area contributed by atoms with E-state index in [-0.39, 0.29) is 13.2 Å². The Labute approximate surface area is 247 Å². The van der Waals surface area contributed by atoms with Crippen LogP contribution in [0.5, 0.6) is 0 Å². The predicted octanol–water partition coefficient (Wildman–Crippen LogP) is 5.22. The minimum Gasteiger partial charge on any atom is -0.383 e. The van der Waals surface area contributed by atoms with Crippen molar-refractivity contribution >= 4 is 0 Å². The highest BCUT2D eigenvalue weighted by Crippen LogP contribution is 2.39. The van der Waals surface area contributed by atoms with Crippen molar-refractivity contribution in [2.24, 2.45) is 0 Å². The van der Waals surface area contributed by atoms with Gasteiger partial charge in [-0.2, -0.15) is 5.48 Å². The SMILES string of the molecule is CON[C@@H]1[C@H](OCc2ccccc2)[C@@H](OCc2ccccc2)[C@H](OCc2ccccc2)[C@@]1(O)COCc1ccccc1. The number of hydrogen-bond donors (Lipinski definition) is 2. The summed E-state index contributed by atoms with van der Waals surface area (Å²) in [6.45, 7) is 1.23. The van der Waals surface area contributed by atoms with Crippen LogP contribution in [0.2, 0.25) is 0 Å². The van der Waals surface area contributed by atoms with E-state index in [1.54, 1.807) is 0 Å². The molecule has 0 aromatic heterocycles. The molecule has 5 rings (SSSR count). The van der Waals surface area contributed by atoms with Crippen molar-refractivity contribution in [3.05, 3.63) is 144 Å². The molecule has 42 heavy (non-hydrogen) atoms. The maximum Gasteiger partial charge on any atom is 0.137 e. The fraction of sp³-hybridized carbons (Fsp3) is 0.314. The molecule has 0 heterocycles. The second-order valence-electron chi connectivity index (χ2n) is 10.5. The first-order chi connectivity index (χ1) is 20.7. The molecule has 0 radical (unpaired) electrons. The molecule has 2 N–H and O–H groups in total. The quantitative estimate of drug-likeness (QED) is 0.190. The van der Waals surface area contributed by atoms with Crippen molar-refractivity contribution in [3.63, 3.8) is 0 Å². The summed E-state index contributed by atoms with van der Waals surface area (Å²) in [6, 6.07) is 38.9. The normalized spacial score (nSPS) is 23.7. The number of benzene rings is 4. The van der Waals surface area contributed by atoms with Gasteiger partial charge in [-0.15, -0.1) is 0 Å². The standard InChI is InChI=1S/C35H39NO6/c1-38-36-33-31(40-23-28-16-8-3-9-17-28)32(41-24-29-18-10-4-11-19-29)34(42-25-30-20-12-5-13-21-30)35(33,37)26-39-22-27-14-6-2-7-15-27/h2-21,31-34,36-37H,22-26H2,1H3/t31-,32-,33-,34+,35-/m1/s1. The van der Waals surface area contributed by atoms with Crippen LogP contribution in [0.3, 0.4) is 0 Å². The summed E-state index contributed by atoms with van der Waals surface area (Å²) in [5.74, 6) is 0. The van der Waals surface area contributed by atoms with E-state index in [9.17, 15) is 5.11 Å². The van der Waals surface area contributed by atoms with Gasteiger partial charge in [0.1, 0.15) is 23.9 Å². The molecule has 4 aromatic rings. The fourth-order valence-electron chi connectivity index (χ4n) is 5.39. The smallest absolute Gasteiger partial charge is 0.137 e. The Hall–Kier alpha value is -3.40. The van der Waals surface area contributed by atoms with E-state index >= 15 is 0 Å². The van der Waals surface area contributed by atoms with Crippen LogP contribution in [-0.2, 0) is 50.2 Å². The molecular formula is C35H39NO6. The molecule has 5 atom stereocenters. The first-order valence-electron chi connectivity index (χ1n) is 14.3. The van der Waals surface area contributed by atoms with Crippen LogP contribution in [0.25, 0.3) is 0 Å². The van der Waals surface area contributed by atoms with Crippen LogP contribution in [0.4, 0.5) is 0 Å². The molecule has 0 spiro atoms. The molecule has 0 unspecified atom stereocenters. The van der Waals surface area contributed by atoms with Crippen LogP contribution in [0.15, 0.2) is 121 Å². The highest BCUT2D eigenvalue weighted by atomic mass is 16.6. The molecule has 0 aliphatic heterocycles. The molecular weight excluding hydrogens is 530 g/mol. The molecule has 0 saturated heterocycles. The second-order valence-corrected chi connectivity index (χ2v) is 10.5. The molecule has 1 aliphatic rings. The summed E-state index contributed by atoms with van der Waals surface area (Å²) in [4.78, 5) is 5.43. The summed E-state index contributed by atoms with van der Waals surface area (Å²) in [5, 5.41) is 12.5. The lowest BCUT2D eigenvalue weighted by molar-refractivity contribution is -0.180. The Morgan fingerprint density at radius 1 is 0.571 bits per heavy atom. The zero-order valence-electron chi connectivity index (χ0n) is 23.9. The van der Waals surface area contributed by atoms with Crippen molar-refractivity contribution in [1.29, 1.82) is 0 Å². The summed E-state index contributed by atoms with van der Waals surface area (Å²) in [6.07, 6.45) is -2.07. The predicted molar refractivity (Wildman–Crippen MR) is 160 cm³/mol. The lowest BCUT2D eigenvalue weighted by Crippen LogP contribution is -2.58. The van der Waals surface area contributed by atoms with Gasteiger partial charge in [-0.3, -0.25) is 0 Å². The zero-order chi connectivity index (χ0) is 29.0. The lowest BCUT2D eigenvalue weighted by Gasteiger charge is -2.35. The Bertz CT molecular complexity index is 1310. The third kappa shape index (κ3) is 7.70. The van der Waals surface area contributed by atoms with Gasteiger partial charge in [-0.25, -0.2) is 0 Å². The number of nitrogens with one attached hydrogen (secondary N) is 1. The average molecular weight is 570 g/mol. The van der Waals surface area contributed by atoms with Crippen LogP contribution in [0, 0.1) is 0 Å². The summed E-state index contributed by atoms with van der Waals surface area (Å²) in [7, 11) is 1.53. The Morgan fingerprint density at radius 3 is 1.43 bits per heavy atom. The number of hydroxylamine groups is 1. The monoisotopic (exact) mass is 569 g/mol. The van der Waals surface area contributed by atoms with E-state index in [0.29, 0.717) is 19.8 Å². The minimum absolute atomic E-state index is 0.0290. The number of hydrogen-bond acceptors (Lipinski definition) is 7.